The molecule has 0 saturated heterocycles. The van der Waals surface area contributed by atoms with Crippen LogP contribution in [0.15, 0.2) is 30.3 Å². The van der Waals surface area contributed by atoms with Crippen LogP contribution in [0, 0.1) is 5.92 Å². The monoisotopic (exact) mass is 293 g/mol. The number of quaternary nitrogens is 1. The Balaban J connectivity index is 2.70. The Morgan fingerprint density at radius 2 is 1.86 bits per heavy atom. The average Bonchev–Trinajstić information content (AvgIpc) is 2.46. The molecule has 0 aliphatic heterocycles. The van der Waals surface area contributed by atoms with E-state index < -0.39 is 12.0 Å². The molecule has 5 nitrogen and oxygen atoms in total. The lowest BCUT2D eigenvalue weighted by Crippen LogP contribution is -2.69. The topological polar surface area (TPSA) is 83.0 Å². The molecule has 0 aromatic heterocycles. The van der Waals surface area contributed by atoms with E-state index >= 15 is 0 Å². The van der Waals surface area contributed by atoms with Crippen LogP contribution < -0.4 is 11.1 Å². The van der Waals surface area contributed by atoms with E-state index in [9.17, 15) is 9.59 Å². The van der Waals surface area contributed by atoms with Gasteiger partial charge in [-0.15, -0.1) is 0 Å². The lowest BCUT2D eigenvalue weighted by atomic mass is 10.0. The molecule has 0 heterocycles. The van der Waals surface area contributed by atoms with Crippen molar-refractivity contribution in [1.29, 1.82) is 0 Å². The summed E-state index contributed by atoms with van der Waals surface area (Å²) in [7, 11) is 1.32. The number of nitrogens with one attached hydrogen (secondary N) is 1. The summed E-state index contributed by atoms with van der Waals surface area (Å²) >= 11 is 0. The molecule has 0 saturated carbocycles. The van der Waals surface area contributed by atoms with Crippen molar-refractivity contribution >= 4 is 11.9 Å². The molecule has 0 unspecified atom stereocenters. The lowest BCUT2D eigenvalue weighted by Gasteiger charge is -2.18. The number of esters is 1. The van der Waals surface area contributed by atoms with Crippen molar-refractivity contribution in [2.45, 2.75) is 38.8 Å². The minimum absolute atomic E-state index is 0.213. The molecule has 5 heteroatoms. The second-order valence-electron chi connectivity index (χ2n) is 5.60. The number of carbonyl (C=O) groups is 2. The maximum Gasteiger partial charge on any atom is 0.328 e. The molecule has 21 heavy (non-hydrogen) atoms. The van der Waals surface area contributed by atoms with Crippen molar-refractivity contribution in [3.63, 3.8) is 0 Å². The molecule has 0 aliphatic carbocycles. The molecular formula is C16H25N2O3+. The number of hydrogen-bond donors (Lipinski definition) is 2. The maximum atomic E-state index is 12.1. The zero-order valence-electron chi connectivity index (χ0n) is 13.0. The fourth-order valence-electron chi connectivity index (χ4n) is 2.15. The second kappa shape index (κ2) is 8.42. The zero-order chi connectivity index (χ0) is 15.8. The summed E-state index contributed by atoms with van der Waals surface area (Å²) in [4.78, 5) is 24.0. The summed E-state index contributed by atoms with van der Waals surface area (Å²) in [5.41, 5.74) is 4.83. The third kappa shape index (κ3) is 5.95. The van der Waals surface area contributed by atoms with Gasteiger partial charge < -0.3 is 15.8 Å². The Labute approximate surface area is 125 Å². The summed E-state index contributed by atoms with van der Waals surface area (Å²) in [5, 5.41) is 2.75. The van der Waals surface area contributed by atoms with Crippen molar-refractivity contribution in [2.24, 2.45) is 5.92 Å². The van der Waals surface area contributed by atoms with Crippen LogP contribution in [0.25, 0.3) is 0 Å². The standard InChI is InChI=1S/C16H24N2O3/c1-11(2)9-13(17)15(19)18-14(16(20)21-3)10-12-7-5-4-6-8-12/h4-8,11,13-14H,9-10,17H2,1-3H3,(H,18,19)/p+1/t13-,14-/m0/s1. The van der Waals surface area contributed by atoms with Crippen LogP contribution in [0.4, 0.5) is 0 Å². The maximum absolute atomic E-state index is 12.1. The van der Waals surface area contributed by atoms with Gasteiger partial charge in [0.1, 0.15) is 6.04 Å². The molecule has 0 fully saturated rings. The molecule has 116 valence electrons. The van der Waals surface area contributed by atoms with E-state index in [1.165, 1.54) is 7.11 Å². The molecule has 0 spiro atoms. The van der Waals surface area contributed by atoms with Crippen molar-refractivity contribution < 1.29 is 20.1 Å². The van der Waals surface area contributed by atoms with Gasteiger partial charge in [-0.25, -0.2) is 4.79 Å². The molecule has 0 aliphatic rings. The largest absolute Gasteiger partial charge is 0.467 e. The summed E-state index contributed by atoms with van der Waals surface area (Å²) in [5.74, 6) is -0.275. The highest BCUT2D eigenvalue weighted by Crippen LogP contribution is 2.06. The van der Waals surface area contributed by atoms with E-state index in [1.807, 2.05) is 44.2 Å². The normalized spacial score (nSPS) is 13.6. The van der Waals surface area contributed by atoms with Gasteiger partial charge in [0.2, 0.25) is 0 Å². The average molecular weight is 293 g/mol. The first-order valence-electron chi connectivity index (χ1n) is 7.19. The molecule has 1 aromatic rings. The zero-order valence-corrected chi connectivity index (χ0v) is 13.0. The van der Waals surface area contributed by atoms with Crippen LogP contribution >= 0.6 is 0 Å². The van der Waals surface area contributed by atoms with Crippen LogP contribution in [0.3, 0.4) is 0 Å². The van der Waals surface area contributed by atoms with Gasteiger partial charge in [-0.3, -0.25) is 4.79 Å². The Bertz CT molecular complexity index is 460. The predicted molar refractivity (Wildman–Crippen MR) is 80.2 cm³/mol. The van der Waals surface area contributed by atoms with Gasteiger partial charge in [0.25, 0.3) is 5.91 Å². The number of hydrogen-bond acceptors (Lipinski definition) is 3. The lowest BCUT2D eigenvalue weighted by molar-refractivity contribution is -0.406. The van der Waals surface area contributed by atoms with E-state index in [-0.39, 0.29) is 11.9 Å². The first kappa shape index (κ1) is 17.2. The first-order valence-corrected chi connectivity index (χ1v) is 7.19. The summed E-state index contributed by atoms with van der Waals surface area (Å²) in [6.07, 6.45) is 1.10. The van der Waals surface area contributed by atoms with Crippen LogP contribution in [0.1, 0.15) is 25.8 Å². The second-order valence-corrected chi connectivity index (χ2v) is 5.60. The third-order valence-electron chi connectivity index (χ3n) is 3.21. The Morgan fingerprint density at radius 1 is 1.24 bits per heavy atom. The molecule has 0 radical (unpaired) electrons. The minimum Gasteiger partial charge on any atom is -0.467 e. The molecule has 2 atom stereocenters. The van der Waals surface area contributed by atoms with Gasteiger partial charge >= 0.3 is 5.97 Å². The van der Waals surface area contributed by atoms with E-state index in [1.54, 1.807) is 0 Å². The summed E-state index contributed by atoms with van der Waals surface area (Å²) < 4.78 is 4.77. The number of benzene rings is 1. The van der Waals surface area contributed by atoms with E-state index in [0.29, 0.717) is 18.8 Å². The van der Waals surface area contributed by atoms with E-state index in [4.69, 9.17) is 4.74 Å². The van der Waals surface area contributed by atoms with Gasteiger partial charge in [0.05, 0.1) is 7.11 Å². The van der Waals surface area contributed by atoms with Crippen molar-refractivity contribution in [1.82, 2.24) is 5.32 Å². The Kier molecular flexibility index (Phi) is 6.88. The molecule has 0 bridgehead atoms. The fourth-order valence-corrected chi connectivity index (χ4v) is 2.15. The molecular weight excluding hydrogens is 268 g/mol. The van der Waals surface area contributed by atoms with Crippen LogP contribution in [-0.4, -0.2) is 31.1 Å². The number of rotatable bonds is 7. The molecule has 4 N–H and O–H groups in total. The van der Waals surface area contributed by atoms with Gasteiger partial charge in [0, 0.05) is 12.8 Å². The van der Waals surface area contributed by atoms with Gasteiger partial charge in [-0.1, -0.05) is 44.2 Å². The first-order chi connectivity index (χ1) is 9.93. The van der Waals surface area contributed by atoms with Crippen molar-refractivity contribution in [3.8, 4) is 0 Å². The number of methoxy groups -OCH3 is 1. The van der Waals surface area contributed by atoms with E-state index in [0.717, 1.165) is 5.56 Å². The fraction of sp³-hybridized carbons (Fsp3) is 0.500. The SMILES string of the molecule is COC(=O)[C@H](Cc1ccccc1)NC(=O)[C@@H]([NH3+])CC(C)C. The Morgan fingerprint density at radius 3 is 2.38 bits per heavy atom. The van der Waals surface area contributed by atoms with E-state index in [2.05, 4.69) is 11.1 Å². The highest BCUT2D eigenvalue weighted by molar-refractivity contribution is 5.86. The van der Waals surface area contributed by atoms with Crippen LogP contribution in [-0.2, 0) is 20.7 Å². The Hall–Kier alpha value is -1.88. The summed E-state index contributed by atoms with van der Waals surface area (Å²) in [6, 6.07) is 8.48. The third-order valence-corrected chi connectivity index (χ3v) is 3.21. The number of ether oxygens (including phenoxy) is 1. The van der Waals surface area contributed by atoms with Crippen LogP contribution in [0.5, 0.6) is 0 Å². The molecule has 1 amide bonds. The number of amides is 1. The van der Waals surface area contributed by atoms with Gasteiger partial charge in [-0.05, 0) is 11.5 Å². The molecule has 1 aromatic carbocycles. The summed E-state index contributed by atoms with van der Waals surface area (Å²) in [6.45, 7) is 4.07. The minimum atomic E-state index is -0.679. The van der Waals surface area contributed by atoms with Crippen molar-refractivity contribution in [3.05, 3.63) is 35.9 Å². The predicted octanol–water partition coefficient (Wildman–Crippen LogP) is 0.544. The smallest absolute Gasteiger partial charge is 0.328 e. The van der Waals surface area contributed by atoms with Crippen molar-refractivity contribution in [2.75, 3.05) is 7.11 Å². The quantitative estimate of drug-likeness (QED) is 0.720. The highest BCUT2D eigenvalue weighted by atomic mass is 16.5. The van der Waals surface area contributed by atoms with Gasteiger partial charge in [0.15, 0.2) is 6.04 Å². The van der Waals surface area contributed by atoms with Crippen LogP contribution in [0.2, 0.25) is 0 Å². The molecule has 1 rings (SSSR count). The highest BCUT2D eigenvalue weighted by Gasteiger charge is 2.26. The number of carbonyl (C=O) groups excluding carboxylic acids is 2. The van der Waals surface area contributed by atoms with Gasteiger partial charge in [-0.2, -0.15) is 0 Å².